The standard InChI is InChI=1S/C10H16O4/c1-4-7-14-10(12)8(5-2)9(11)13-6-3/h4,8H,1,5-7H2,2-3H3. The third kappa shape index (κ3) is 4.07. The maximum Gasteiger partial charge on any atom is 0.320 e. The van der Waals surface area contributed by atoms with E-state index in [1.54, 1.807) is 13.8 Å². The number of esters is 2. The van der Waals surface area contributed by atoms with Crippen molar-refractivity contribution in [3.63, 3.8) is 0 Å². The molecule has 4 heteroatoms. The van der Waals surface area contributed by atoms with Crippen LogP contribution in [0.4, 0.5) is 0 Å². The van der Waals surface area contributed by atoms with Gasteiger partial charge in [0.25, 0.3) is 0 Å². The second-order valence-electron chi connectivity index (χ2n) is 2.63. The fourth-order valence-corrected chi connectivity index (χ4v) is 0.914. The summed E-state index contributed by atoms with van der Waals surface area (Å²) in [6, 6.07) is 0. The van der Waals surface area contributed by atoms with Crippen molar-refractivity contribution in [3.8, 4) is 0 Å². The van der Waals surface area contributed by atoms with Gasteiger partial charge in [0.2, 0.25) is 0 Å². The highest BCUT2D eigenvalue weighted by molar-refractivity contribution is 5.94. The number of hydrogen-bond donors (Lipinski definition) is 0. The normalized spacial score (nSPS) is 11.6. The predicted octanol–water partition coefficient (Wildman–Crippen LogP) is 1.30. The molecule has 80 valence electrons. The molecule has 0 aromatic heterocycles. The van der Waals surface area contributed by atoms with Gasteiger partial charge in [0.1, 0.15) is 6.61 Å². The average Bonchev–Trinajstić information content (AvgIpc) is 2.16. The van der Waals surface area contributed by atoms with E-state index in [0.717, 1.165) is 0 Å². The largest absolute Gasteiger partial charge is 0.465 e. The van der Waals surface area contributed by atoms with Crippen molar-refractivity contribution in [2.24, 2.45) is 5.92 Å². The quantitative estimate of drug-likeness (QED) is 0.368. The van der Waals surface area contributed by atoms with Crippen molar-refractivity contribution < 1.29 is 19.1 Å². The van der Waals surface area contributed by atoms with E-state index in [9.17, 15) is 9.59 Å². The molecular formula is C10H16O4. The van der Waals surface area contributed by atoms with Crippen LogP contribution in [0.15, 0.2) is 12.7 Å². The summed E-state index contributed by atoms with van der Waals surface area (Å²) in [5.41, 5.74) is 0. The van der Waals surface area contributed by atoms with E-state index < -0.39 is 17.9 Å². The molecule has 0 saturated carbocycles. The Morgan fingerprint density at radius 1 is 1.29 bits per heavy atom. The van der Waals surface area contributed by atoms with E-state index in [4.69, 9.17) is 9.47 Å². The Balaban J connectivity index is 4.17. The predicted molar refractivity (Wildman–Crippen MR) is 51.6 cm³/mol. The van der Waals surface area contributed by atoms with Gasteiger partial charge in [-0.15, -0.1) is 0 Å². The smallest absolute Gasteiger partial charge is 0.320 e. The first-order valence-corrected chi connectivity index (χ1v) is 4.61. The van der Waals surface area contributed by atoms with Gasteiger partial charge in [0, 0.05) is 0 Å². The van der Waals surface area contributed by atoms with Gasteiger partial charge >= 0.3 is 11.9 Å². The minimum Gasteiger partial charge on any atom is -0.465 e. The van der Waals surface area contributed by atoms with E-state index in [-0.39, 0.29) is 13.2 Å². The molecule has 1 atom stereocenters. The van der Waals surface area contributed by atoms with Crippen LogP contribution in [0.5, 0.6) is 0 Å². The molecule has 0 aromatic carbocycles. The molecule has 0 bridgehead atoms. The number of rotatable bonds is 6. The van der Waals surface area contributed by atoms with Crippen LogP contribution < -0.4 is 0 Å². The van der Waals surface area contributed by atoms with Gasteiger partial charge in [-0.25, -0.2) is 0 Å². The molecule has 0 aromatic rings. The van der Waals surface area contributed by atoms with Crippen LogP contribution in [0.1, 0.15) is 20.3 Å². The van der Waals surface area contributed by atoms with Crippen LogP contribution in [-0.2, 0) is 19.1 Å². The Hall–Kier alpha value is -1.32. The molecule has 4 nitrogen and oxygen atoms in total. The molecule has 0 amide bonds. The number of carbonyl (C=O) groups is 2. The molecule has 0 heterocycles. The third-order valence-corrected chi connectivity index (χ3v) is 1.61. The van der Waals surface area contributed by atoms with Crippen LogP contribution in [0.25, 0.3) is 0 Å². The second-order valence-corrected chi connectivity index (χ2v) is 2.63. The summed E-state index contributed by atoms with van der Waals surface area (Å²) in [5.74, 6) is -1.88. The number of hydrogen-bond acceptors (Lipinski definition) is 4. The van der Waals surface area contributed by atoms with Gasteiger partial charge in [-0.2, -0.15) is 0 Å². The lowest BCUT2D eigenvalue weighted by Crippen LogP contribution is -2.27. The van der Waals surface area contributed by atoms with Gasteiger partial charge in [-0.05, 0) is 13.3 Å². The van der Waals surface area contributed by atoms with E-state index in [1.165, 1.54) is 6.08 Å². The molecule has 0 rings (SSSR count). The summed E-state index contributed by atoms with van der Waals surface area (Å²) in [6.07, 6.45) is 1.84. The maximum atomic E-state index is 11.3. The minimum absolute atomic E-state index is 0.120. The van der Waals surface area contributed by atoms with Crippen molar-refractivity contribution >= 4 is 11.9 Å². The van der Waals surface area contributed by atoms with Crippen LogP contribution in [-0.4, -0.2) is 25.2 Å². The van der Waals surface area contributed by atoms with E-state index in [2.05, 4.69) is 6.58 Å². The summed E-state index contributed by atoms with van der Waals surface area (Å²) in [6.45, 7) is 7.22. The Morgan fingerprint density at radius 3 is 2.29 bits per heavy atom. The lowest BCUT2D eigenvalue weighted by Gasteiger charge is -2.11. The molecule has 0 fully saturated rings. The summed E-state index contributed by atoms with van der Waals surface area (Å²) in [7, 11) is 0. The monoisotopic (exact) mass is 200 g/mol. The minimum atomic E-state index is -0.810. The average molecular weight is 200 g/mol. The van der Waals surface area contributed by atoms with Crippen LogP contribution in [0, 0.1) is 5.92 Å². The second kappa shape index (κ2) is 7.12. The first-order chi connectivity index (χ1) is 6.67. The van der Waals surface area contributed by atoms with Gasteiger partial charge < -0.3 is 9.47 Å². The van der Waals surface area contributed by atoms with Crippen LogP contribution in [0.3, 0.4) is 0 Å². The molecule has 0 saturated heterocycles. The molecule has 14 heavy (non-hydrogen) atoms. The zero-order valence-corrected chi connectivity index (χ0v) is 8.62. The van der Waals surface area contributed by atoms with Gasteiger partial charge in [0.15, 0.2) is 5.92 Å². The molecular weight excluding hydrogens is 184 g/mol. The lowest BCUT2D eigenvalue weighted by molar-refractivity contribution is -0.161. The Morgan fingerprint density at radius 2 is 1.86 bits per heavy atom. The summed E-state index contributed by atoms with van der Waals surface area (Å²) < 4.78 is 9.48. The Labute approximate surface area is 83.9 Å². The maximum absolute atomic E-state index is 11.3. The van der Waals surface area contributed by atoms with Crippen LogP contribution >= 0.6 is 0 Å². The van der Waals surface area contributed by atoms with Crippen LogP contribution in [0.2, 0.25) is 0 Å². The van der Waals surface area contributed by atoms with Gasteiger partial charge in [0.05, 0.1) is 6.61 Å². The summed E-state index contributed by atoms with van der Waals surface area (Å²) in [5, 5.41) is 0. The molecule has 0 N–H and O–H groups in total. The Bertz CT molecular complexity index is 210. The van der Waals surface area contributed by atoms with E-state index >= 15 is 0 Å². The number of ether oxygens (including phenoxy) is 2. The van der Waals surface area contributed by atoms with Crippen molar-refractivity contribution in [1.29, 1.82) is 0 Å². The molecule has 0 aliphatic heterocycles. The lowest BCUT2D eigenvalue weighted by atomic mass is 10.1. The van der Waals surface area contributed by atoms with Crippen molar-refractivity contribution in [2.75, 3.05) is 13.2 Å². The zero-order valence-electron chi connectivity index (χ0n) is 8.62. The topological polar surface area (TPSA) is 52.6 Å². The molecule has 0 spiro atoms. The Kier molecular flexibility index (Phi) is 6.45. The molecule has 0 radical (unpaired) electrons. The molecule has 0 aliphatic carbocycles. The highest BCUT2D eigenvalue weighted by atomic mass is 16.6. The SMILES string of the molecule is C=CCOC(=O)C(CC)C(=O)OCC. The fourth-order valence-electron chi connectivity index (χ4n) is 0.914. The van der Waals surface area contributed by atoms with Crippen molar-refractivity contribution in [3.05, 3.63) is 12.7 Å². The highest BCUT2D eigenvalue weighted by Gasteiger charge is 2.27. The first kappa shape index (κ1) is 12.7. The first-order valence-electron chi connectivity index (χ1n) is 4.61. The van der Waals surface area contributed by atoms with Gasteiger partial charge in [-0.1, -0.05) is 19.6 Å². The van der Waals surface area contributed by atoms with E-state index in [0.29, 0.717) is 6.42 Å². The number of carbonyl (C=O) groups excluding carboxylic acids is 2. The van der Waals surface area contributed by atoms with Gasteiger partial charge in [-0.3, -0.25) is 9.59 Å². The third-order valence-electron chi connectivity index (χ3n) is 1.61. The van der Waals surface area contributed by atoms with Crippen molar-refractivity contribution in [1.82, 2.24) is 0 Å². The summed E-state index contributed by atoms with van der Waals surface area (Å²) >= 11 is 0. The summed E-state index contributed by atoms with van der Waals surface area (Å²) in [4.78, 5) is 22.5. The fraction of sp³-hybridized carbons (Fsp3) is 0.600. The molecule has 0 aliphatic rings. The zero-order chi connectivity index (χ0) is 11.0. The molecule has 1 unspecified atom stereocenters. The van der Waals surface area contributed by atoms with Crippen molar-refractivity contribution in [2.45, 2.75) is 20.3 Å². The van der Waals surface area contributed by atoms with E-state index in [1.807, 2.05) is 0 Å². The highest BCUT2D eigenvalue weighted by Crippen LogP contribution is 2.07.